The third kappa shape index (κ3) is 7.14. The van der Waals surface area contributed by atoms with Crippen LogP contribution >= 0.6 is 0 Å². The Morgan fingerprint density at radius 2 is 2.13 bits per heavy atom. The molecule has 3 heteroatoms. The highest BCUT2D eigenvalue weighted by Gasteiger charge is 2.22. The molecular weight excluding hydrogens is 192 g/mol. The molecule has 3 nitrogen and oxygen atoms in total. The van der Waals surface area contributed by atoms with Gasteiger partial charge >= 0.3 is 5.97 Å². The van der Waals surface area contributed by atoms with E-state index in [1.54, 1.807) is 6.08 Å². The van der Waals surface area contributed by atoms with Crippen molar-refractivity contribution in [2.75, 3.05) is 6.61 Å². The maximum Gasteiger partial charge on any atom is 0.311 e. The average Bonchev–Trinajstić information content (AvgIpc) is 2.11. The molecule has 15 heavy (non-hydrogen) atoms. The first-order chi connectivity index (χ1) is 6.88. The summed E-state index contributed by atoms with van der Waals surface area (Å²) < 4.78 is 5.06. The molecular formula is C12H22O3. The van der Waals surface area contributed by atoms with E-state index in [1.165, 1.54) is 0 Å². The van der Waals surface area contributed by atoms with Gasteiger partial charge in [-0.3, -0.25) is 4.79 Å². The molecule has 0 bridgehead atoms. The van der Waals surface area contributed by atoms with Gasteiger partial charge in [-0.25, -0.2) is 0 Å². The second-order valence-corrected chi connectivity index (χ2v) is 4.71. The minimum atomic E-state index is -0.445. The molecule has 0 saturated carbocycles. The second-order valence-electron chi connectivity index (χ2n) is 4.71. The fraction of sp³-hybridized carbons (Fsp3) is 0.750. The molecule has 1 atom stereocenters. The second kappa shape index (κ2) is 6.62. The lowest BCUT2D eigenvalue weighted by atomic mass is 9.97. The van der Waals surface area contributed by atoms with Gasteiger partial charge in [-0.15, -0.1) is 6.58 Å². The molecule has 0 aliphatic carbocycles. The quantitative estimate of drug-likeness (QED) is 0.419. The Morgan fingerprint density at radius 3 is 2.60 bits per heavy atom. The van der Waals surface area contributed by atoms with Crippen LogP contribution in [0, 0.1) is 5.41 Å². The van der Waals surface area contributed by atoms with E-state index < -0.39 is 5.41 Å². The van der Waals surface area contributed by atoms with Gasteiger partial charge < -0.3 is 9.84 Å². The van der Waals surface area contributed by atoms with Crippen molar-refractivity contribution in [3.63, 3.8) is 0 Å². The van der Waals surface area contributed by atoms with Gasteiger partial charge in [-0.2, -0.15) is 0 Å². The summed E-state index contributed by atoms with van der Waals surface area (Å²) >= 11 is 0. The molecule has 0 saturated heterocycles. The van der Waals surface area contributed by atoms with Crippen molar-refractivity contribution in [2.24, 2.45) is 5.41 Å². The zero-order valence-corrected chi connectivity index (χ0v) is 9.95. The number of hydrogen-bond donors (Lipinski definition) is 1. The summed E-state index contributed by atoms with van der Waals surface area (Å²) in [7, 11) is 0. The van der Waals surface area contributed by atoms with Crippen LogP contribution in [-0.4, -0.2) is 23.8 Å². The highest BCUT2D eigenvalue weighted by atomic mass is 16.5. The Morgan fingerprint density at radius 1 is 1.53 bits per heavy atom. The normalized spacial score (nSPS) is 13.3. The topological polar surface area (TPSA) is 46.5 Å². The summed E-state index contributed by atoms with van der Waals surface area (Å²) in [6.45, 7) is 9.39. The SMILES string of the molecule is C=CC[C@H](O)CCCOC(=O)C(C)(C)C. The zero-order chi connectivity index (χ0) is 11.9. The van der Waals surface area contributed by atoms with Crippen molar-refractivity contribution in [1.29, 1.82) is 0 Å². The minimum Gasteiger partial charge on any atom is -0.465 e. The Hall–Kier alpha value is -0.830. The van der Waals surface area contributed by atoms with Crippen LogP contribution in [0.3, 0.4) is 0 Å². The van der Waals surface area contributed by atoms with E-state index in [9.17, 15) is 9.90 Å². The monoisotopic (exact) mass is 214 g/mol. The van der Waals surface area contributed by atoms with Crippen LogP contribution in [0.2, 0.25) is 0 Å². The van der Waals surface area contributed by atoms with E-state index in [1.807, 2.05) is 20.8 Å². The molecule has 0 rings (SSSR count). The predicted octanol–water partition coefficient (Wildman–Crippen LogP) is 2.29. The van der Waals surface area contributed by atoms with E-state index in [4.69, 9.17) is 4.74 Å². The first-order valence-electron chi connectivity index (χ1n) is 5.34. The summed E-state index contributed by atoms with van der Waals surface area (Å²) in [4.78, 5) is 11.3. The summed E-state index contributed by atoms with van der Waals surface area (Å²) in [5, 5.41) is 9.36. The number of aliphatic hydroxyl groups excluding tert-OH is 1. The van der Waals surface area contributed by atoms with Crippen molar-refractivity contribution in [3.8, 4) is 0 Å². The van der Waals surface area contributed by atoms with Crippen LogP contribution in [0.1, 0.15) is 40.0 Å². The molecule has 1 N–H and O–H groups in total. The third-order valence-corrected chi connectivity index (χ3v) is 1.97. The lowest BCUT2D eigenvalue weighted by Crippen LogP contribution is -2.23. The maximum absolute atomic E-state index is 11.3. The largest absolute Gasteiger partial charge is 0.465 e. The van der Waals surface area contributed by atoms with Crippen LogP contribution in [0.5, 0.6) is 0 Å². The Kier molecular flexibility index (Phi) is 6.25. The fourth-order valence-corrected chi connectivity index (χ4v) is 1.01. The number of esters is 1. The van der Waals surface area contributed by atoms with Crippen LogP contribution in [-0.2, 0) is 9.53 Å². The van der Waals surface area contributed by atoms with Gasteiger partial charge in [0.2, 0.25) is 0 Å². The Balaban J connectivity index is 3.55. The molecule has 0 aliphatic heterocycles. The van der Waals surface area contributed by atoms with Crippen molar-refractivity contribution in [3.05, 3.63) is 12.7 Å². The number of ether oxygens (including phenoxy) is 1. The Labute approximate surface area is 92.1 Å². The van der Waals surface area contributed by atoms with Crippen molar-refractivity contribution < 1.29 is 14.6 Å². The summed E-state index contributed by atoms with van der Waals surface area (Å²) in [6.07, 6.45) is 3.25. The van der Waals surface area contributed by atoms with Gasteiger partial charge in [0.25, 0.3) is 0 Å². The molecule has 0 spiro atoms. The zero-order valence-electron chi connectivity index (χ0n) is 9.95. The van der Waals surface area contributed by atoms with Gasteiger partial charge in [-0.1, -0.05) is 6.08 Å². The van der Waals surface area contributed by atoms with Gasteiger partial charge in [0, 0.05) is 0 Å². The first kappa shape index (κ1) is 14.2. The lowest BCUT2D eigenvalue weighted by molar-refractivity contribution is -0.153. The molecule has 0 heterocycles. The van der Waals surface area contributed by atoms with Gasteiger partial charge in [0.1, 0.15) is 0 Å². The van der Waals surface area contributed by atoms with E-state index in [0.717, 1.165) is 0 Å². The molecule has 0 aromatic heterocycles. The highest BCUT2D eigenvalue weighted by Crippen LogP contribution is 2.15. The van der Waals surface area contributed by atoms with E-state index in [0.29, 0.717) is 25.9 Å². The van der Waals surface area contributed by atoms with Crippen LogP contribution in [0.15, 0.2) is 12.7 Å². The molecule has 0 aliphatic rings. The molecule has 0 aromatic rings. The third-order valence-electron chi connectivity index (χ3n) is 1.97. The number of carbonyl (C=O) groups is 1. The van der Waals surface area contributed by atoms with E-state index in [2.05, 4.69) is 6.58 Å². The van der Waals surface area contributed by atoms with Gasteiger partial charge in [0.15, 0.2) is 0 Å². The average molecular weight is 214 g/mol. The highest BCUT2D eigenvalue weighted by molar-refractivity contribution is 5.75. The van der Waals surface area contributed by atoms with E-state index >= 15 is 0 Å². The first-order valence-corrected chi connectivity index (χ1v) is 5.34. The summed E-state index contributed by atoms with van der Waals surface area (Å²) in [5.74, 6) is -0.194. The smallest absolute Gasteiger partial charge is 0.311 e. The molecule has 0 radical (unpaired) electrons. The molecule has 0 unspecified atom stereocenters. The molecule has 0 fully saturated rings. The van der Waals surface area contributed by atoms with Gasteiger partial charge in [0.05, 0.1) is 18.1 Å². The van der Waals surface area contributed by atoms with Crippen LogP contribution < -0.4 is 0 Å². The minimum absolute atomic E-state index is 0.194. The number of aliphatic hydroxyl groups is 1. The fourth-order valence-electron chi connectivity index (χ4n) is 1.01. The molecule has 0 amide bonds. The molecule has 88 valence electrons. The van der Waals surface area contributed by atoms with Gasteiger partial charge in [-0.05, 0) is 40.0 Å². The van der Waals surface area contributed by atoms with Crippen molar-refractivity contribution in [1.82, 2.24) is 0 Å². The number of carbonyl (C=O) groups excluding carboxylic acids is 1. The Bertz CT molecular complexity index is 203. The number of rotatable bonds is 6. The maximum atomic E-state index is 11.3. The number of hydrogen-bond acceptors (Lipinski definition) is 3. The lowest BCUT2D eigenvalue weighted by Gasteiger charge is -2.16. The summed E-state index contributed by atoms with van der Waals surface area (Å²) in [6, 6.07) is 0. The van der Waals surface area contributed by atoms with Crippen LogP contribution in [0.4, 0.5) is 0 Å². The standard InChI is InChI=1S/C12H22O3/c1-5-7-10(13)8-6-9-15-11(14)12(2,3)4/h5,10,13H,1,6-9H2,2-4H3/t10-/m0/s1. The van der Waals surface area contributed by atoms with Crippen molar-refractivity contribution >= 4 is 5.97 Å². The van der Waals surface area contributed by atoms with Crippen LogP contribution in [0.25, 0.3) is 0 Å². The predicted molar refractivity (Wildman–Crippen MR) is 60.5 cm³/mol. The molecule has 0 aromatic carbocycles. The van der Waals surface area contributed by atoms with Crippen molar-refractivity contribution in [2.45, 2.75) is 46.1 Å². The summed E-state index contributed by atoms with van der Waals surface area (Å²) in [5.41, 5.74) is -0.445. The van der Waals surface area contributed by atoms with E-state index in [-0.39, 0.29) is 12.1 Å².